The molecule has 2 heterocycles. The van der Waals surface area contributed by atoms with Crippen LogP contribution in [0.25, 0.3) is 0 Å². The Labute approximate surface area is 169 Å². The predicted molar refractivity (Wildman–Crippen MR) is 115 cm³/mol. The number of thiazole rings is 2. The van der Waals surface area contributed by atoms with Crippen LogP contribution in [0.2, 0.25) is 0 Å². The highest BCUT2D eigenvalue weighted by atomic mass is 127. The Morgan fingerprint density at radius 2 is 1.96 bits per heavy atom. The average Bonchev–Trinajstić information content (AvgIpc) is 3.07. The Bertz CT molecular complexity index is 631. The number of nitrogens with zero attached hydrogens (tertiary/aromatic N) is 3. The third kappa shape index (κ3) is 7.02. The number of nitrogens with one attached hydrogen (secondary N) is 2. The summed E-state index contributed by atoms with van der Waals surface area (Å²) in [6, 6.07) is 0. The summed E-state index contributed by atoms with van der Waals surface area (Å²) in [5, 5.41) is 11.0. The maximum Gasteiger partial charge on any atom is 0.191 e. The van der Waals surface area contributed by atoms with Crippen LogP contribution in [0.5, 0.6) is 0 Å². The van der Waals surface area contributed by atoms with Gasteiger partial charge < -0.3 is 10.6 Å². The molecule has 134 valence electrons. The van der Waals surface area contributed by atoms with Gasteiger partial charge >= 0.3 is 0 Å². The highest BCUT2D eigenvalue weighted by Crippen LogP contribution is 2.16. The first-order valence-electron chi connectivity index (χ1n) is 7.94. The Hall–Kier alpha value is -0.740. The first-order valence-corrected chi connectivity index (χ1v) is 9.64. The van der Waals surface area contributed by atoms with E-state index in [1.165, 1.54) is 9.88 Å². The number of aryl methyl sites for hydroxylation is 4. The molecular formula is C16H26IN5S2. The van der Waals surface area contributed by atoms with Crippen molar-refractivity contribution in [1.82, 2.24) is 20.6 Å². The number of aliphatic imine (C=N–C) groups is 1. The second-order valence-corrected chi connectivity index (χ2v) is 7.59. The summed E-state index contributed by atoms with van der Waals surface area (Å²) < 4.78 is 0. The fraction of sp³-hybridized carbons (Fsp3) is 0.562. The first-order chi connectivity index (χ1) is 11.1. The molecule has 5 nitrogen and oxygen atoms in total. The third-order valence-electron chi connectivity index (χ3n) is 3.32. The van der Waals surface area contributed by atoms with E-state index in [2.05, 4.69) is 44.8 Å². The van der Waals surface area contributed by atoms with Crippen LogP contribution in [0.3, 0.4) is 0 Å². The highest BCUT2D eigenvalue weighted by Gasteiger charge is 2.04. The number of guanidine groups is 1. The van der Waals surface area contributed by atoms with E-state index >= 15 is 0 Å². The number of hydrogen-bond donors (Lipinski definition) is 2. The van der Waals surface area contributed by atoms with E-state index in [0.717, 1.165) is 48.3 Å². The summed E-state index contributed by atoms with van der Waals surface area (Å²) in [6.07, 6.45) is 2.06. The molecule has 0 aliphatic carbocycles. The molecule has 0 atom stereocenters. The standard InChI is InChI=1S/C16H25N5S2.HI/c1-5-17-16(19-9-15-21-12(3)13(4)23-15)18-8-6-7-14-20-11(2)10-22-14;/h10H,5-9H2,1-4H3,(H2,17,18,19);1H. The molecular weight excluding hydrogens is 453 g/mol. The van der Waals surface area contributed by atoms with Gasteiger partial charge in [-0.2, -0.15) is 0 Å². The minimum absolute atomic E-state index is 0. The van der Waals surface area contributed by atoms with Crippen LogP contribution in [0.15, 0.2) is 10.4 Å². The zero-order valence-electron chi connectivity index (χ0n) is 14.7. The molecule has 2 rings (SSSR count). The zero-order valence-corrected chi connectivity index (χ0v) is 18.6. The van der Waals surface area contributed by atoms with Crippen molar-refractivity contribution < 1.29 is 0 Å². The molecule has 0 bridgehead atoms. The molecule has 0 fully saturated rings. The van der Waals surface area contributed by atoms with Crippen molar-refractivity contribution in [1.29, 1.82) is 0 Å². The molecule has 0 radical (unpaired) electrons. The Morgan fingerprint density at radius 3 is 2.54 bits per heavy atom. The molecule has 8 heteroatoms. The summed E-state index contributed by atoms with van der Waals surface area (Å²) in [7, 11) is 0. The lowest BCUT2D eigenvalue weighted by Gasteiger charge is -2.10. The van der Waals surface area contributed by atoms with Crippen molar-refractivity contribution >= 4 is 52.6 Å². The summed E-state index contributed by atoms with van der Waals surface area (Å²) in [5.74, 6) is 0.855. The van der Waals surface area contributed by atoms with Gasteiger partial charge in [0.05, 0.1) is 17.2 Å². The van der Waals surface area contributed by atoms with Gasteiger partial charge in [0, 0.05) is 35.5 Å². The van der Waals surface area contributed by atoms with Gasteiger partial charge in [0.1, 0.15) is 5.01 Å². The molecule has 24 heavy (non-hydrogen) atoms. The van der Waals surface area contributed by atoms with Crippen molar-refractivity contribution in [3.05, 3.63) is 31.7 Å². The second-order valence-electron chi connectivity index (χ2n) is 5.36. The molecule has 0 amide bonds. The van der Waals surface area contributed by atoms with Gasteiger partial charge in [-0.1, -0.05) is 0 Å². The molecule has 0 unspecified atom stereocenters. The van der Waals surface area contributed by atoms with Crippen LogP contribution in [-0.4, -0.2) is 29.0 Å². The number of halogens is 1. The maximum atomic E-state index is 4.62. The van der Waals surface area contributed by atoms with Crippen LogP contribution in [0.4, 0.5) is 0 Å². The average molecular weight is 479 g/mol. The summed E-state index contributed by atoms with van der Waals surface area (Å²) in [5.41, 5.74) is 2.22. The van der Waals surface area contributed by atoms with Crippen molar-refractivity contribution in [2.45, 2.75) is 47.1 Å². The predicted octanol–water partition coefficient (Wildman–Crippen LogP) is 3.83. The normalized spacial score (nSPS) is 11.2. The number of rotatable bonds is 7. The first kappa shape index (κ1) is 21.3. The third-order valence-corrected chi connectivity index (χ3v) is 5.40. The maximum absolute atomic E-state index is 4.62. The quantitative estimate of drug-likeness (QED) is 0.274. The monoisotopic (exact) mass is 479 g/mol. The molecule has 0 saturated heterocycles. The summed E-state index contributed by atoms with van der Waals surface area (Å²) in [6.45, 7) is 10.6. The number of aromatic nitrogens is 2. The minimum Gasteiger partial charge on any atom is -0.357 e. The molecule has 2 N–H and O–H groups in total. The van der Waals surface area contributed by atoms with Gasteiger partial charge in [0.25, 0.3) is 0 Å². The molecule has 0 spiro atoms. The lowest BCUT2D eigenvalue weighted by Crippen LogP contribution is -2.37. The molecule has 0 saturated carbocycles. The van der Waals surface area contributed by atoms with E-state index in [1.807, 2.05) is 13.8 Å². The molecule has 2 aromatic rings. The van der Waals surface area contributed by atoms with Gasteiger partial charge in [-0.05, 0) is 34.1 Å². The van der Waals surface area contributed by atoms with Crippen molar-refractivity contribution in [3.8, 4) is 0 Å². The van der Waals surface area contributed by atoms with Gasteiger partial charge in [0.15, 0.2) is 5.96 Å². The molecule has 0 aromatic carbocycles. The van der Waals surface area contributed by atoms with E-state index in [-0.39, 0.29) is 24.0 Å². The lowest BCUT2D eigenvalue weighted by molar-refractivity contribution is 0.740. The van der Waals surface area contributed by atoms with Gasteiger partial charge in [-0.25, -0.2) is 15.0 Å². The van der Waals surface area contributed by atoms with E-state index in [4.69, 9.17) is 0 Å². The van der Waals surface area contributed by atoms with Gasteiger partial charge in [-0.3, -0.25) is 0 Å². The highest BCUT2D eigenvalue weighted by molar-refractivity contribution is 14.0. The zero-order chi connectivity index (χ0) is 16.7. The van der Waals surface area contributed by atoms with Gasteiger partial charge in [0.2, 0.25) is 0 Å². The summed E-state index contributed by atoms with van der Waals surface area (Å²) >= 11 is 3.46. The van der Waals surface area contributed by atoms with Crippen LogP contribution in [0.1, 0.15) is 39.6 Å². The van der Waals surface area contributed by atoms with Crippen LogP contribution in [0, 0.1) is 20.8 Å². The van der Waals surface area contributed by atoms with Crippen LogP contribution >= 0.6 is 46.7 Å². The Balaban J connectivity index is 0.00000288. The minimum atomic E-state index is 0. The molecule has 2 aromatic heterocycles. The van der Waals surface area contributed by atoms with Crippen LogP contribution < -0.4 is 10.6 Å². The fourth-order valence-corrected chi connectivity index (χ4v) is 3.74. The van der Waals surface area contributed by atoms with E-state index in [0.29, 0.717) is 6.54 Å². The van der Waals surface area contributed by atoms with E-state index in [1.54, 1.807) is 22.7 Å². The van der Waals surface area contributed by atoms with Gasteiger partial charge in [-0.15, -0.1) is 46.7 Å². The SMILES string of the molecule is CCNC(=NCc1nc(C)c(C)s1)NCCCc1nc(C)cs1.I. The fourth-order valence-electron chi connectivity index (χ4n) is 2.06. The van der Waals surface area contributed by atoms with E-state index < -0.39 is 0 Å². The van der Waals surface area contributed by atoms with Crippen molar-refractivity contribution in [2.75, 3.05) is 13.1 Å². The Kier molecular flexibility index (Phi) is 9.75. The molecule has 0 aliphatic heterocycles. The summed E-state index contributed by atoms with van der Waals surface area (Å²) in [4.78, 5) is 14.9. The Morgan fingerprint density at radius 1 is 1.17 bits per heavy atom. The van der Waals surface area contributed by atoms with Crippen molar-refractivity contribution in [2.24, 2.45) is 4.99 Å². The molecule has 0 aliphatic rings. The lowest BCUT2D eigenvalue weighted by atomic mass is 10.3. The topological polar surface area (TPSA) is 62.2 Å². The largest absolute Gasteiger partial charge is 0.357 e. The van der Waals surface area contributed by atoms with E-state index in [9.17, 15) is 0 Å². The number of hydrogen-bond acceptors (Lipinski definition) is 5. The second kappa shape index (κ2) is 11.0. The smallest absolute Gasteiger partial charge is 0.191 e. The van der Waals surface area contributed by atoms with Crippen LogP contribution in [-0.2, 0) is 13.0 Å². The van der Waals surface area contributed by atoms with Crippen molar-refractivity contribution in [3.63, 3.8) is 0 Å².